The number of ether oxygens (including phenoxy) is 1. The first-order chi connectivity index (χ1) is 11.5. The van der Waals surface area contributed by atoms with E-state index in [0.29, 0.717) is 17.8 Å². The Kier molecular flexibility index (Phi) is 4.38. The lowest BCUT2D eigenvalue weighted by atomic mass is 9.82. The van der Waals surface area contributed by atoms with Gasteiger partial charge in [-0.3, -0.25) is 14.5 Å². The van der Waals surface area contributed by atoms with Gasteiger partial charge in [-0.1, -0.05) is 6.07 Å². The van der Waals surface area contributed by atoms with Gasteiger partial charge < -0.3 is 10.1 Å². The largest absolute Gasteiger partial charge is 0.465 e. The lowest BCUT2D eigenvalue weighted by Crippen LogP contribution is -2.32. The molecule has 0 radical (unpaired) electrons. The molecule has 6 nitrogen and oxygen atoms in total. The molecule has 0 saturated carbocycles. The average Bonchev–Trinajstić information content (AvgIpc) is 2.85. The molecule has 1 aliphatic heterocycles. The van der Waals surface area contributed by atoms with Gasteiger partial charge >= 0.3 is 5.97 Å². The highest BCUT2D eigenvalue weighted by Gasteiger charge is 2.29. The van der Waals surface area contributed by atoms with Crippen molar-refractivity contribution in [3.8, 4) is 0 Å². The van der Waals surface area contributed by atoms with Crippen LogP contribution in [0.4, 0.5) is 0 Å². The predicted molar refractivity (Wildman–Crippen MR) is 87.3 cm³/mol. The first-order valence-corrected chi connectivity index (χ1v) is 8.00. The number of aryl methyl sites for hydroxylation is 1. The van der Waals surface area contributed by atoms with Gasteiger partial charge in [0.1, 0.15) is 5.70 Å². The summed E-state index contributed by atoms with van der Waals surface area (Å²) in [5.74, 6) is -0.775. The Morgan fingerprint density at radius 3 is 2.83 bits per heavy atom. The number of amides is 2. The van der Waals surface area contributed by atoms with E-state index < -0.39 is 0 Å². The zero-order valence-electron chi connectivity index (χ0n) is 13.8. The van der Waals surface area contributed by atoms with Crippen LogP contribution in [0.2, 0.25) is 0 Å². The summed E-state index contributed by atoms with van der Waals surface area (Å²) < 4.78 is 4.79. The molecule has 0 saturated heterocycles. The third-order valence-electron chi connectivity index (χ3n) is 4.68. The van der Waals surface area contributed by atoms with Crippen LogP contribution >= 0.6 is 0 Å². The van der Waals surface area contributed by atoms with E-state index in [1.54, 1.807) is 6.07 Å². The monoisotopic (exact) mass is 328 g/mol. The minimum Gasteiger partial charge on any atom is -0.465 e. The average molecular weight is 328 g/mol. The van der Waals surface area contributed by atoms with Crippen molar-refractivity contribution < 1.29 is 19.1 Å². The number of methoxy groups -OCH3 is 1. The Morgan fingerprint density at radius 1 is 1.38 bits per heavy atom. The quantitative estimate of drug-likeness (QED) is 0.667. The molecule has 1 aromatic carbocycles. The van der Waals surface area contributed by atoms with E-state index in [4.69, 9.17) is 4.74 Å². The fourth-order valence-electron chi connectivity index (χ4n) is 3.28. The molecule has 0 fully saturated rings. The zero-order chi connectivity index (χ0) is 17.3. The van der Waals surface area contributed by atoms with Crippen LogP contribution in [0.15, 0.2) is 30.0 Å². The predicted octanol–water partition coefficient (Wildman–Crippen LogP) is 1.37. The lowest BCUT2D eigenvalue weighted by molar-refractivity contribution is -0.135. The van der Waals surface area contributed by atoms with Gasteiger partial charge in [-0.2, -0.15) is 0 Å². The molecule has 1 heterocycles. The molecule has 1 N–H and O–H groups in total. The SMILES string of the molecule is COC(=O)c1ccc2c(c1)C(CNC1=CC(=O)N(C)C1=O)CCC2. The van der Waals surface area contributed by atoms with Crippen molar-refractivity contribution in [1.82, 2.24) is 10.2 Å². The van der Waals surface area contributed by atoms with Crippen LogP contribution in [0, 0.1) is 0 Å². The Bertz CT molecular complexity index is 739. The summed E-state index contributed by atoms with van der Waals surface area (Å²) in [5.41, 5.74) is 3.20. The van der Waals surface area contributed by atoms with E-state index in [-0.39, 0.29) is 23.7 Å². The highest BCUT2D eigenvalue weighted by Crippen LogP contribution is 2.32. The number of nitrogens with one attached hydrogen (secondary N) is 1. The minimum atomic E-state index is -0.351. The molecule has 126 valence electrons. The van der Waals surface area contributed by atoms with Gasteiger partial charge in [-0.25, -0.2) is 4.79 Å². The van der Waals surface area contributed by atoms with Gasteiger partial charge in [-0.15, -0.1) is 0 Å². The highest BCUT2D eigenvalue weighted by atomic mass is 16.5. The van der Waals surface area contributed by atoms with Crippen LogP contribution in [0.1, 0.15) is 40.2 Å². The Balaban J connectivity index is 1.77. The number of carbonyl (C=O) groups is 3. The number of rotatable bonds is 4. The number of hydrogen-bond donors (Lipinski definition) is 1. The van der Waals surface area contributed by atoms with Crippen LogP contribution in [-0.4, -0.2) is 43.4 Å². The molecule has 1 unspecified atom stereocenters. The van der Waals surface area contributed by atoms with E-state index in [1.165, 1.54) is 25.8 Å². The maximum atomic E-state index is 11.9. The molecular formula is C18H20N2O4. The number of carbonyl (C=O) groups excluding carboxylic acids is 3. The van der Waals surface area contributed by atoms with Gasteiger partial charge in [0, 0.05) is 25.6 Å². The van der Waals surface area contributed by atoms with E-state index in [1.807, 2.05) is 12.1 Å². The van der Waals surface area contributed by atoms with Crippen LogP contribution in [-0.2, 0) is 20.7 Å². The molecule has 6 heteroatoms. The second-order valence-electron chi connectivity index (χ2n) is 6.14. The van der Waals surface area contributed by atoms with Gasteiger partial charge in [0.2, 0.25) is 0 Å². The molecule has 2 amide bonds. The smallest absolute Gasteiger partial charge is 0.337 e. The molecular weight excluding hydrogens is 308 g/mol. The van der Waals surface area contributed by atoms with Gasteiger partial charge in [0.25, 0.3) is 11.8 Å². The Labute approximate surface area is 140 Å². The maximum absolute atomic E-state index is 11.9. The van der Waals surface area contributed by atoms with Crippen molar-refractivity contribution in [2.24, 2.45) is 0 Å². The van der Waals surface area contributed by atoms with Crippen molar-refractivity contribution in [1.29, 1.82) is 0 Å². The van der Waals surface area contributed by atoms with Gasteiger partial charge in [0.05, 0.1) is 12.7 Å². The van der Waals surface area contributed by atoms with Crippen LogP contribution in [0.3, 0.4) is 0 Å². The lowest BCUT2D eigenvalue weighted by Gasteiger charge is -2.26. The number of hydrogen-bond acceptors (Lipinski definition) is 5. The van der Waals surface area contributed by atoms with Crippen LogP contribution in [0.5, 0.6) is 0 Å². The number of benzene rings is 1. The summed E-state index contributed by atoms with van der Waals surface area (Å²) >= 11 is 0. The first-order valence-electron chi connectivity index (χ1n) is 8.00. The molecule has 24 heavy (non-hydrogen) atoms. The van der Waals surface area contributed by atoms with Crippen LogP contribution in [0.25, 0.3) is 0 Å². The van der Waals surface area contributed by atoms with Crippen molar-refractivity contribution in [3.05, 3.63) is 46.7 Å². The normalized spacial score (nSPS) is 19.8. The van der Waals surface area contributed by atoms with E-state index in [2.05, 4.69) is 5.32 Å². The summed E-state index contributed by atoms with van der Waals surface area (Å²) in [7, 11) is 2.83. The molecule has 1 atom stereocenters. The molecule has 3 rings (SSSR count). The fraction of sp³-hybridized carbons (Fsp3) is 0.389. The number of fused-ring (bicyclic) bond motifs is 1. The van der Waals surface area contributed by atoms with Gasteiger partial charge in [0.15, 0.2) is 0 Å². The molecule has 1 aliphatic carbocycles. The number of esters is 1. The highest BCUT2D eigenvalue weighted by molar-refractivity contribution is 6.15. The number of likely N-dealkylation sites (N-methyl/N-ethyl adjacent to an activating group) is 1. The summed E-state index contributed by atoms with van der Waals surface area (Å²) in [4.78, 5) is 36.3. The summed E-state index contributed by atoms with van der Waals surface area (Å²) in [5, 5.41) is 3.10. The summed E-state index contributed by atoms with van der Waals surface area (Å²) in [6, 6.07) is 5.65. The topological polar surface area (TPSA) is 75.7 Å². The standard InChI is InChI=1S/C18H20N2O4/c1-20-16(21)9-15(17(20)22)19-10-13-5-3-4-11-6-7-12(8-14(11)13)18(23)24-2/h6-9,13,19H,3-5,10H2,1-2H3. The number of nitrogens with zero attached hydrogens (tertiary/aromatic N) is 1. The van der Waals surface area contributed by atoms with E-state index >= 15 is 0 Å². The molecule has 0 aromatic heterocycles. The second-order valence-corrected chi connectivity index (χ2v) is 6.14. The second kappa shape index (κ2) is 6.47. The van der Waals surface area contributed by atoms with Gasteiger partial charge in [-0.05, 0) is 42.5 Å². The summed E-state index contributed by atoms with van der Waals surface area (Å²) in [6.07, 6.45) is 4.34. The molecule has 0 spiro atoms. The third-order valence-corrected chi connectivity index (χ3v) is 4.68. The maximum Gasteiger partial charge on any atom is 0.337 e. The fourth-order valence-corrected chi connectivity index (χ4v) is 3.28. The first kappa shape index (κ1) is 16.2. The number of imide groups is 1. The van der Waals surface area contributed by atoms with E-state index in [9.17, 15) is 14.4 Å². The molecule has 0 bridgehead atoms. The van der Waals surface area contributed by atoms with E-state index in [0.717, 1.165) is 29.7 Å². The van der Waals surface area contributed by atoms with Crippen molar-refractivity contribution >= 4 is 17.8 Å². The van der Waals surface area contributed by atoms with Crippen LogP contribution < -0.4 is 5.32 Å². The Hall–Kier alpha value is -2.63. The summed E-state index contributed by atoms with van der Waals surface area (Å²) in [6.45, 7) is 0.552. The molecule has 2 aliphatic rings. The zero-order valence-corrected chi connectivity index (χ0v) is 13.8. The Morgan fingerprint density at radius 2 is 2.17 bits per heavy atom. The molecule has 1 aromatic rings. The van der Waals surface area contributed by atoms with Crippen molar-refractivity contribution in [2.75, 3.05) is 20.7 Å². The minimum absolute atomic E-state index is 0.188. The van der Waals surface area contributed by atoms with Crippen molar-refractivity contribution in [2.45, 2.75) is 25.2 Å². The van der Waals surface area contributed by atoms with Crippen molar-refractivity contribution in [3.63, 3.8) is 0 Å². The third kappa shape index (κ3) is 2.91.